The van der Waals surface area contributed by atoms with Crippen molar-refractivity contribution in [2.45, 2.75) is 44.2 Å². The number of methoxy groups -OCH3 is 2. The van der Waals surface area contributed by atoms with Crippen molar-refractivity contribution in [1.82, 2.24) is 9.88 Å². The van der Waals surface area contributed by atoms with E-state index in [0.29, 0.717) is 18.0 Å². The van der Waals surface area contributed by atoms with Gasteiger partial charge in [-0.2, -0.15) is 0 Å². The number of rotatable bonds is 7. The highest BCUT2D eigenvalue weighted by atomic mass is 16.5. The van der Waals surface area contributed by atoms with Crippen LogP contribution in [0.25, 0.3) is 0 Å². The molecule has 2 fully saturated rings. The molecule has 2 aliphatic rings. The molecule has 1 unspecified atom stereocenters. The first-order chi connectivity index (χ1) is 13.7. The quantitative estimate of drug-likeness (QED) is 0.794. The number of benzene rings is 1. The van der Waals surface area contributed by atoms with Crippen LogP contribution in [-0.2, 0) is 11.3 Å². The molecule has 148 valence electrons. The fraction of sp³-hybridized carbons (Fsp3) is 0.455. The van der Waals surface area contributed by atoms with Crippen LogP contribution in [0.4, 0.5) is 5.69 Å². The molecule has 1 aromatic heterocycles. The number of likely N-dealkylation sites (tertiary alicyclic amines) is 1. The first-order valence-corrected chi connectivity index (χ1v) is 9.90. The maximum Gasteiger partial charge on any atom is 0.241 e. The van der Waals surface area contributed by atoms with Crippen LogP contribution < -0.4 is 14.8 Å². The van der Waals surface area contributed by atoms with Crippen molar-refractivity contribution in [2.75, 3.05) is 26.1 Å². The number of hydrogen-bond acceptors (Lipinski definition) is 5. The number of anilines is 1. The van der Waals surface area contributed by atoms with Crippen LogP contribution in [-0.4, -0.2) is 42.6 Å². The number of pyridine rings is 1. The predicted molar refractivity (Wildman–Crippen MR) is 108 cm³/mol. The molecule has 0 bridgehead atoms. The van der Waals surface area contributed by atoms with E-state index >= 15 is 0 Å². The van der Waals surface area contributed by atoms with E-state index in [1.807, 2.05) is 12.1 Å². The Morgan fingerprint density at radius 3 is 2.61 bits per heavy atom. The second-order valence-electron chi connectivity index (χ2n) is 7.51. The maximum absolute atomic E-state index is 12.9. The number of carbonyl (C=O) groups excluding carboxylic acids is 1. The van der Waals surface area contributed by atoms with E-state index in [-0.39, 0.29) is 11.9 Å². The molecule has 1 aliphatic carbocycles. The van der Waals surface area contributed by atoms with Gasteiger partial charge in [0.2, 0.25) is 5.91 Å². The third kappa shape index (κ3) is 3.97. The normalized spacial score (nSPS) is 19.4. The zero-order valence-corrected chi connectivity index (χ0v) is 16.5. The van der Waals surface area contributed by atoms with E-state index in [1.165, 1.54) is 18.4 Å². The molecule has 0 spiro atoms. The highest BCUT2D eigenvalue weighted by Crippen LogP contribution is 2.40. The smallest absolute Gasteiger partial charge is 0.241 e. The first kappa shape index (κ1) is 18.7. The van der Waals surface area contributed by atoms with Crippen molar-refractivity contribution < 1.29 is 14.3 Å². The number of ether oxygens (including phenoxy) is 2. The Kier molecular flexibility index (Phi) is 5.48. The lowest BCUT2D eigenvalue weighted by atomic mass is 10.1. The van der Waals surface area contributed by atoms with Crippen LogP contribution in [0.2, 0.25) is 0 Å². The van der Waals surface area contributed by atoms with Crippen molar-refractivity contribution in [3.8, 4) is 11.5 Å². The second kappa shape index (κ2) is 8.19. The van der Waals surface area contributed by atoms with Crippen LogP contribution >= 0.6 is 0 Å². The van der Waals surface area contributed by atoms with Crippen molar-refractivity contribution in [3.63, 3.8) is 0 Å². The molecular weight excluding hydrogens is 354 g/mol. The van der Waals surface area contributed by atoms with E-state index in [1.54, 1.807) is 26.5 Å². The van der Waals surface area contributed by atoms with Crippen LogP contribution in [0.15, 0.2) is 36.5 Å². The Hall–Kier alpha value is -2.60. The molecule has 1 saturated carbocycles. The minimum Gasteiger partial charge on any atom is -0.493 e. The monoisotopic (exact) mass is 381 g/mol. The van der Waals surface area contributed by atoms with E-state index in [0.717, 1.165) is 36.7 Å². The lowest BCUT2D eigenvalue weighted by Gasteiger charge is -2.24. The topological polar surface area (TPSA) is 63.7 Å². The summed E-state index contributed by atoms with van der Waals surface area (Å²) in [5, 5.41) is 3.08. The molecule has 6 nitrogen and oxygen atoms in total. The SMILES string of the molecule is COc1ccnc(CN2CCCC2C(=O)Nc2ccc(C3CC3)cc2)c1OC. The summed E-state index contributed by atoms with van der Waals surface area (Å²) < 4.78 is 10.9. The van der Waals surface area contributed by atoms with Crippen molar-refractivity contribution in [2.24, 2.45) is 0 Å². The van der Waals surface area contributed by atoms with Crippen LogP contribution in [0.5, 0.6) is 11.5 Å². The molecule has 1 N–H and O–H groups in total. The van der Waals surface area contributed by atoms with Gasteiger partial charge in [0.15, 0.2) is 11.5 Å². The fourth-order valence-electron chi connectivity index (χ4n) is 3.95. The third-order valence-corrected chi connectivity index (χ3v) is 5.61. The van der Waals surface area contributed by atoms with Gasteiger partial charge in [-0.3, -0.25) is 14.7 Å². The molecule has 0 radical (unpaired) electrons. The summed E-state index contributed by atoms with van der Waals surface area (Å²) in [6.07, 6.45) is 6.11. The predicted octanol–water partition coefficient (Wildman–Crippen LogP) is 3.58. The van der Waals surface area contributed by atoms with E-state index < -0.39 is 0 Å². The number of amides is 1. The molecule has 1 saturated heterocycles. The highest BCUT2D eigenvalue weighted by Gasteiger charge is 2.32. The fourth-order valence-corrected chi connectivity index (χ4v) is 3.95. The van der Waals surface area contributed by atoms with Gasteiger partial charge in [0.25, 0.3) is 0 Å². The van der Waals surface area contributed by atoms with Gasteiger partial charge in [-0.15, -0.1) is 0 Å². The average molecular weight is 381 g/mol. The molecule has 2 aromatic rings. The highest BCUT2D eigenvalue weighted by molar-refractivity contribution is 5.95. The van der Waals surface area contributed by atoms with Gasteiger partial charge in [-0.05, 0) is 55.8 Å². The summed E-state index contributed by atoms with van der Waals surface area (Å²) in [5.74, 6) is 2.05. The number of carbonyl (C=O) groups is 1. The van der Waals surface area contributed by atoms with Crippen LogP contribution in [0.1, 0.15) is 42.9 Å². The summed E-state index contributed by atoms with van der Waals surface area (Å²) in [4.78, 5) is 19.5. The first-order valence-electron chi connectivity index (χ1n) is 9.90. The second-order valence-corrected chi connectivity index (χ2v) is 7.51. The minimum atomic E-state index is -0.166. The van der Waals surface area contributed by atoms with Gasteiger partial charge in [0, 0.05) is 24.5 Å². The largest absolute Gasteiger partial charge is 0.493 e. The minimum absolute atomic E-state index is 0.0403. The molecule has 1 atom stereocenters. The third-order valence-electron chi connectivity index (χ3n) is 5.61. The summed E-state index contributed by atoms with van der Waals surface area (Å²) in [7, 11) is 3.23. The molecule has 1 aromatic carbocycles. The molecule has 28 heavy (non-hydrogen) atoms. The zero-order valence-electron chi connectivity index (χ0n) is 16.5. The van der Waals surface area contributed by atoms with Crippen molar-refractivity contribution in [1.29, 1.82) is 0 Å². The van der Waals surface area contributed by atoms with Gasteiger partial charge >= 0.3 is 0 Å². The van der Waals surface area contributed by atoms with E-state index in [9.17, 15) is 4.79 Å². The number of hydrogen-bond donors (Lipinski definition) is 1. The Morgan fingerprint density at radius 2 is 1.93 bits per heavy atom. The van der Waals surface area contributed by atoms with Crippen LogP contribution in [0.3, 0.4) is 0 Å². The lowest BCUT2D eigenvalue weighted by molar-refractivity contribution is -0.120. The Labute approximate surface area is 165 Å². The maximum atomic E-state index is 12.9. The summed E-state index contributed by atoms with van der Waals surface area (Å²) in [6.45, 7) is 1.42. The van der Waals surface area contributed by atoms with Gasteiger partial charge in [-0.1, -0.05) is 12.1 Å². The average Bonchev–Trinajstić information content (AvgIpc) is 3.47. The van der Waals surface area contributed by atoms with Gasteiger partial charge in [0.05, 0.1) is 20.3 Å². The summed E-state index contributed by atoms with van der Waals surface area (Å²) >= 11 is 0. The molecule has 2 heterocycles. The summed E-state index contributed by atoms with van der Waals surface area (Å²) in [6, 6.07) is 9.90. The molecular formula is C22H27N3O3. The Morgan fingerprint density at radius 1 is 1.14 bits per heavy atom. The number of aromatic nitrogens is 1. The number of nitrogens with one attached hydrogen (secondary N) is 1. The summed E-state index contributed by atoms with van der Waals surface area (Å²) in [5.41, 5.74) is 3.02. The van der Waals surface area contributed by atoms with Gasteiger partial charge < -0.3 is 14.8 Å². The van der Waals surface area contributed by atoms with Crippen molar-refractivity contribution >= 4 is 11.6 Å². The zero-order chi connectivity index (χ0) is 19.5. The van der Waals surface area contributed by atoms with Crippen molar-refractivity contribution in [3.05, 3.63) is 47.8 Å². The lowest BCUT2D eigenvalue weighted by Crippen LogP contribution is -2.39. The van der Waals surface area contributed by atoms with Gasteiger partial charge in [0.1, 0.15) is 5.69 Å². The molecule has 1 amide bonds. The number of nitrogens with zero attached hydrogens (tertiary/aromatic N) is 2. The Bertz CT molecular complexity index is 833. The van der Waals surface area contributed by atoms with E-state index in [4.69, 9.17) is 9.47 Å². The standard InChI is InChI=1S/C22H27N3O3/c1-27-20-11-12-23-18(21(20)28-2)14-25-13-3-4-19(25)22(26)24-17-9-7-16(8-10-17)15-5-6-15/h7-12,15,19H,3-6,13-14H2,1-2H3,(H,24,26). The molecule has 4 rings (SSSR count). The Balaban J connectivity index is 1.43. The van der Waals surface area contributed by atoms with Gasteiger partial charge in [-0.25, -0.2) is 0 Å². The molecule has 1 aliphatic heterocycles. The van der Waals surface area contributed by atoms with E-state index in [2.05, 4.69) is 27.3 Å². The molecule has 6 heteroatoms. The van der Waals surface area contributed by atoms with Crippen LogP contribution in [0, 0.1) is 0 Å².